The average Bonchev–Trinajstić information content (AvgIpc) is 2.90. The number of benzene rings is 1. The number of carboxylic acid groups (broad SMARTS) is 1. The maximum Gasteiger partial charge on any atom is 0.417 e. The van der Waals surface area contributed by atoms with Gasteiger partial charge in [-0.05, 0) is 31.5 Å². The molecule has 0 spiro atoms. The van der Waals surface area contributed by atoms with E-state index in [0.717, 1.165) is 6.07 Å². The van der Waals surface area contributed by atoms with Gasteiger partial charge in [-0.15, -0.1) is 0 Å². The van der Waals surface area contributed by atoms with Gasteiger partial charge in [-0.3, -0.25) is 4.79 Å². The smallest absolute Gasteiger partial charge is 0.417 e. The molecule has 1 unspecified atom stereocenters. The Kier molecular flexibility index (Phi) is 4.42. The summed E-state index contributed by atoms with van der Waals surface area (Å²) in [7, 11) is 0. The second kappa shape index (κ2) is 6.03. The number of rotatable bonds is 2. The van der Waals surface area contributed by atoms with E-state index in [9.17, 15) is 22.8 Å². The number of hydrogen-bond donors (Lipinski definition) is 2. The Morgan fingerprint density at radius 2 is 2.08 bits per heavy atom. The molecule has 1 saturated heterocycles. The summed E-state index contributed by atoms with van der Waals surface area (Å²) in [6.45, 7) is 1.67. The number of amides is 2. The van der Waals surface area contributed by atoms with Crippen LogP contribution in [0.15, 0.2) is 18.2 Å². The summed E-state index contributed by atoms with van der Waals surface area (Å²) in [5, 5.41) is 20.2. The van der Waals surface area contributed by atoms with Gasteiger partial charge in [0, 0.05) is 18.8 Å². The fourth-order valence-corrected chi connectivity index (χ4v) is 2.47. The number of alkyl halides is 3. The van der Waals surface area contributed by atoms with E-state index in [4.69, 9.17) is 10.4 Å². The van der Waals surface area contributed by atoms with Crippen molar-refractivity contribution in [3.8, 4) is 6.07 Å². The molecule has 0 bridgehead atoms. The van der Waals surface area contributed by atoms with Gasteiger partial charge in [0.1, 0.15) is 0 Å². The summed E-state index contributed by atoms with van der Waals surface area (Å²) in [5.74, 6) is -1.03. The number of likely N-dealkylation sites (tertiary alicyclic amines) is 1. The van der Waals surface area contributed by atoms with E-state index in [1.54, 1.807) is 0 Å². The molecule has 24 heavy (non-hydrogen) atoms. The predicted molar refractivity (Wildman–Crippen MR) is 77.1 cm³/mol. The Bertz CT molecular complexity index is 727. The molecule has 2 amide bonds. The third kappa shape index (κ3) is 3.42. The van der Waals surface area contributed by atoms with Crippen molar-refractivity contribution in [3.05, 3.63) is 29.3 Å². The van der Waals surface area contributed by atoms with Gasteiger partial charge in [0.05, 0.1) is 22.6 Å². The zero-order valence-corrected chi connectivity index (χ0v) is 12.6. The number of nitriles is 1. The lowest BCUT2D eigenvalue weighted by Crippen LogP contribution is -2.37. The molecule has 1 aromatic carbocycles. The molecular formula is C15H14F3N3O3. The molecule has 2 N–H and O–H groups in total. The van der Waals surface area contributed by atoms with Crippen molar-refractivity contribution in [1.29, 1.82) is 5.26 Å². The highest BCUT2D eigenvalue weighted by Crippen LogP contribution is 2.34. The van der Waals surface area contributed by atoms with Gasteiger partial charge in [0.15, 0.2) is 0 Å². The minimum atomic E-state index is -4.72. The third-order valence-corrected chi connectivity index (χ3v) is 3.97. The zero-order valence-electron chi connectivity index (χ0n) is 12.6. The number of urea groups is 1. The van der Waals surface area contributed by atoms with Crippen LogP contribution in [0.5, 0.6) is 0 Å². The lowest BCUT2D eigenvalue weighted by atomic mass is 9.90. The van der Waals surface area contributed by atoms with Crippen LogP contribution in [0.3, 0.4) is 0 Å². The first-order valence-electron chi connectivity index (χ1n) is 6.97. The van der Waals surface area contributed by atoms with Gasteiger partial charge in [-0.1, -0.05) is 0 Å². The Balaban J connectivity index is 2.16. The van der Waals surface area contributed by atoms with Crippen LogP contribution in [0.1, 0.15) is 24.5 Å². The van der Waals surface area contributed by atoms with E-state index in [-0.39, 0.29) is 25.2 Å². The Labute approximate surface area is 135 Å². The number of aliphatic carboxylic acids is 1. The highest BCUT2D eigenvalue weighted by molar-refractivity contribution is 5.90. The molecule has 0 aromatic heterocycles. The van der Waals surface area contributed by atoms with Crippen LogP contribution in [0.4, 0.5) is 23.7 Å². The monoisotopic (exact) mass is 341 g/mol. The van der Waals surface area contributed by atoms with Crippen LogP contribution in [0.2, 0.25) is 0 Å². The van der Waals surface area contributed by atoms with Crippen LogP contribution in [0, 0.1) is 16.7 Å². The highest BCUT2D eigenvalue weighted by Gasteiger charge is 2.42. The summed E-state index contributed by atoms with van der Waals surface area (Å²) in [5.41, 5.74) is -2.87. The lowest BCUT2D eigenvalue weighted by molar-refractivity contribution is -0.147. The van der Waals surface area contributed by atoms with E-state index >= 15 is 0 Å². The van der Waals surface area contributed by atoms with Crippen LogP contribution < -0.4 is 5.32 Å². The molecule has 0 aliphatic carbocycles. The molecule has 9 heteroatoms. The Morgan fingerprint density at radius 3 is 2.58 bits per heavy atom. The third-order valence-electron chi connectivity index (χ3n) is 3.97. The fraction of sp³-hybridized carbons (Fsp3) is 0.400. The van der Waals surface area contributed by atoms with Gasteiger partial charge in [-0.2, -0.15) is 18.4 Å². The summed E-state index contributed by atoms with van der Waals surface area (Å²) < 4.78 is 38.7. The molecule has 1 heterocycles. The largest absolute Gasteiger partial charge is 0.481 e. The molecule has 1 aliphatic rings. The van der Waals surface area contributed by atoms with Crippen LogP contribution >= 0.6 is 0 Å². The summed E-state index contributed by atoms with van der Waals surface area (Å²) >= 11 is 0. The molecule has 128 valence electrons. The number of carboxylic acids is 1. The minimum Gasteiger partial charge on any atom is -0.481 e. The SMILES string of the molecule is CC1(C(=O)O)CCN(C(=O)Nc2ccc(C#N)c(C(F)(F)F)c2)C1. The van der Waals surface area contributed by atoms with Crippen molar-refractivity contribution < 1.29 is 27.9 Å². The van der Waals surface area contributed by atoms with E-state index in [1.165, 1.54) is 24.0 Å². The number of hydrogen-bond acceptors (Lipinski definition) is 3. The highest BCUT2D eigenvalue weighted by atomic mass is 19.4. The minimum absolute atomic E-state index is 0.0312. The average molecular weight is 341 g/mol. The maximum atomic E-state index is 12.9. The molecule has 6 nitrogen and oxygen atoms in total. The van der Waals surface area contributed by atoms with Gasteiger partial charge in [-0.25, -0.2) is 4.79 Å². The number of nitrogens with one attached hydrogen (secondary N) is 1. The van der Waals surface area contributed by atoms with E-state index in [2.05, 4.69) is 5.32 Å². The van der Waals surface area contributed by atoms with Crippen molar-refractivity contribution in [2.75, 3.05) is 18.4 Å². The van der Waals surface area contributed by atoms with Crippen molar-refractivity contribution in [1.82, 2.24) is 4.90 Å². The lowest BCUT2D eigenvalue weighted by Gasteiger charge is -2.21. The summed E-state index contributed by atoms with van der Waals surface area (Å²) in [6, 6.07) is 3.62. The zero-order chi connectivity index (χ0) is 18.1. The van der Waals surface area contributed by atoms with Crippen LogP contribution in [-0.2, 0) is 11.0 Å². The molecule has 1 aliphatic heterocycles. The van der Waals surface area contributed by atoms with Crippen LogP contribution in [-0.4, -0.2) is 35.1 Å². The number of carbonyl (C=O) groups excluding carboxylic acids is 1. The number of halogens is 3. The van der Waals surface area contributed by atoms with Gasteiger partial charge < -0.3 is 15.3 Å². The quantitative estimate of drug-likeness (QED) is 0.865. The van der Waals surface area contributed by atoms with E-state index in [0.29, 0.717) is 6.07 Å². The van der Waals surface area contributed by atoms with Crippen molar-refractivity contribution in [3.63, 3.8) is 0 Å². The van der Waals surface area contributed by atoms with Gasteiger partial charge in [0.2, 0.25) is 0 Å². The van der Waals surface area contributed by atoms with Crippen molar-refractivity contribution >= 4 is 17.7 Å². The molecular weight excluding hydrogens is 327 g/mol. The first-order chi connectivity index (χ1) is 11.1. The second-order valence-electron chi connectivity index (χ2n) is 5.84. The standard InChI is InChI=1S/C15H14F3N3O3/c1-14(12(22)23)4-5-21(8-14)13(24)20-10-3-2-9(7-19)11(6-10)15(16,17)18/h2-3,6H,4-5,8H2,1H3,(H,20,24)(H,22,23). The number of anilines is 1. The molecule has 2 rings (SSSR count). The van der Waals surface area contributed by atoms with Gasteiger partial charge >= 0.3 is 18.2 Å². The molecule has 0 radical (unpaired) electrons. The van der Waals surface area contributed by atoms with Crippen molar-refractivity contribution in [2.24, 2.45) is 5.41 Å². The van der Waals surface area contributed by atoms with E-state index < -0.39 is 34.7 Å². The second-order valence-corrected chi connectivity index (χ2v) is 5.84. The molecule has 1 atom stereocenters. The Morgan fingerprint density at radius 1 is 1.42 bits per heavy atom. The fourth-order valence-electron chi connectivity index (χ4n) is 2.47. The molecule has 1 aromatic rings. The first kappa shape index (κ1) is 17.6. The number of carbonyl (C=O) groups is 2. The predicted octanol–water partition coefficient (Wildman–Crippen LogP) is 2.91. The van der Waals surface area contributed by atoms with Gasteiger partial charge in [0.25, 0.3) is 0 Å². The van der Waals surface area contributed by atoms with Crippen LogP contribution in [0.25, 0.3) is 0 Å². The summed E-state index contributed by atoms with van der Waals surface area (Å²) in [6.07, 6.45) is -4.46. The normalized spacial score (nSPS) is 20.5. The molecule has 1 fully saturated rings. The Hall–Kier alpha value is -2.76. The maximum absolute atomic E-state index is 12.9. The number of nitrogens with zero attached hydrogens (tertiary/aromatic N) is 2. The summed E-state index contributed by atoms with van der Waals surface area (Å²) in [4.78, 5) is 24.5. The first-order valence-corrected chi connectivity index (χ1v) is 6.97. The van der Waals surface area contributed by atoms with Crippen molar-refractivity contribution in [2.45, 2.75) is 19.5 Å². The topological polar surface area (TPSA) is 93.4 Å². The molecule has 0 saturated carbocycles. The van der Waals surface area contributed by atoms with E-state index in [1.807, 2.05) is 0 Å².